The Labute approximate surface area is 159 Å². The minimum atomic E-state index is -0.628. The topological polar surface area (TPSA) is 69.7 Å². The third-order valence-electron chi connectivity index (χ3n) is 4.99. The summed E-state index contributed by atoms with van der Waals surface area (Å²) >= 11 is 0. The van der Waals surface area contributed by atoms with E-state index in [-0.39, 0.29) is 5.91 Å². The van der Waals surface area contributed by atoms with Crippen molar-refractivity contribution in [2.24, 2.45) is 0 Å². The number of rotatable bonds is 6. The first-order valence-electron chi connectivity index (χ1n) is 9.22. The summed E-state index contributed by atoms with van der Waals surface area (Å²) in [5.74, 6) is 1.32. The quantitative estimate of drug-likeness (QED) is 0.843. The van der Waals surface area contributed by atoms with E-state index >= 15 is 0 Å². The van der Waals surface area contributed by atoms with E-state index in [0.717, 1.165) is 16.9 Å². The lowest BCUT2D eigenvalue weighted by Gasteiger charge is -2.36. The van der Waals surface area contributed by atoms with E-state index in [2.05, 4.69) is 10.3 Å². The molecule has 0 aliphatic carbocycles. The van der Waals surface area contributed by atoms with Crippen molar-refractivity contribution in [1.82, 2.24) is 4.98 Å². The van der Waals surface area contributed by atoms with Crippen LogP contribution in [0.1, 0.15) is 30.9 Å². The lowest BCUT2D eigenvalue weighted by molar-refractivity contribution is -0.125. The van der Waals surface area contributed by atoms with Gasteiger partial charge in [0.15, 0.2) is 0 Å². The Hall–Kier alpha value is -2.60. The highest BCUT2D eigenvalue weighted by Gasteiger charge is 2.41. The summed E-state index contributed by atoms with van der Waals surface area (Å²) < 4.78 is 16.2. The summed E-state index contributed by atoms with van der Waals surface area (Å²) in [4.78, 5) is 17.6. The van der Waals surface area contributed by atoms with E-state index in [1.807, 2.05) is 44.2 Å². The van der Waals surface area contributed by atoms with Crippen molar-refractivity contribution in [3.63, 3.8) is 0 Å². The van der Waals surface area contributed by atoms with E-state index in [0.29, 0.717) is 44.2 Å². The predicted molar refractivity (Wildman–Crippen MR) is 103 cm³/mol. The van der Waals surface area contributed by atoms with Gasteiger partial charge in [-0.15, -0.1) is 0 Å². The van der Waals surface area contributed by atoms with Gasteiger partial charge in [0.05, 0.1) is 31.0 Å². The average Bonchev–Trinajstić information content (AvgIpc) is 2.70. The van der Waals surface area contributed by atoms with Crippen molar-refractivity contribution in [3.05, 3.63) is 47.7 Å². The first kappa shape index (κ1) is 19.2. The molecular formula is C21H26N2O4. The monoisotopic (exact) mass is 370 g/mol. The Balaban J connectivity index is 1.86. The zero-order valence-corrected chi connectivity index (χ0v) is 16.1. The number of ether oxygens (including phenoxy) is 3. The summed E-state index contributed by atoms with van der Waals surface area (Å²) in [5.41, 5.74) is 1.90. The van der Waals surface area contributed by atoms with Crippen LogP contribution in [0, 0.1) is 6.92 Å². The van der Waals surface area contributed by atoms with Gasteiger partial charge >= 0.3 is 0 Å². The number of hydrogen-bond donors (Lipinski definition) is 1. The summed E-state index contributed by atoms with van der Waals surface area (Å²) in [6, 6.07) is 9.60. The molecule has 1 N–H and O–H groups in total. The van der Waals surface area contributed by atoms with Crippen LogP contribution in [-0.4, -0.2) is 37.8 Å². The maximum atomic E-state index is 13.3. The smallest absolute Gasteiger partial charge is 0.235 e. The van der Waals surface area contributed by atoms with Crippen molar-refractivity contribution in [1.29, 1.82) is 0 Å². The molecule has 0 bridgehead atoms. The molecular weight excluding hydrogens is 344 g/mol. The molecule has 2 aromatic rings. The predicted octanol–water partition coefficient (Wildman–Crippen LogP) is 3.48. The molecule has 0 spiro atoms. The summed E-state index contributed by atoms with van der Waals surface area (Å²) in [5, 5.41) is 3.05. The second-order valence-electron chi connectivity index (χ2n) is 6.66. The average molecular weight is 370 g/mol. The molecule has 1 amide bonds. The number of methoxy groups -OCH3 is 1. The fraction of sp³-hybridized carbons (Fsp3) is 0.429. The number of aromatic nitrogens is 1. The first-order valence-corrected chi connectivity index (χ1v) is 9.22. The number of nitrogens with one attached hydrogen (secondary N) is 1. The number of amides is 1. The van der Waals surface area contributed by atoms with E-state index < -0.39 is 5.41 Å². The number of carbonyl (C=O) groups excluding carboxylic acids is 1. The lowest BCUT2D eigenvalue weighted by Crippen LogP contribution is -2.44. The number of hydrogen-bond acceptors (Lipinski definition) is 5. The molecule has 1 aromatic heterocycles. The Bertz CT molecular complexity index is 783. The van der Waals surface area contributed by atoms with Crippen molar-refractivity contribution in [2.75, 3.05) is 32.2 Å². The number of aryl methyl sites for hydroxylation is 1. The van der Waals surface area contributed by atoms with E-state index in [1.54, 1.807) is 13.3 Å². The molecule has 1 saturated heterocycles. The van der Waals surface area contributed by atoms with E-state index in [9.17, 15) is 4.79 Å². The van der Waals surface area contributed by atoms with Gasteiger partial charge < -0.3 is 19.5 Å². The number of carbonyl (C=O) groups is 1. The van der Waals surface area contributed by atoms with Gasteiger partial charge in [0, 0.05) is 18.8 Å². The zero-order valence-electron chi connectivity index (χ0n) is 16.1. The molecule has 6 nitrogen and oxygen atoms in total. The molecule has 0 saturated carbocycles. The maximum Gasteiger partial charge on any atom is 0.235 e. The molecule has 0 radical (unpaired) electrons. The van der Waals surface area contributed by atoms with Crippen LogP contribution in [0.3, 0.4) is 0 Å². The van der Waals surface area contributed by atoms with Crippen LogP contribution in [0.15, 0.2) is 36.5 Å². The molecule has 1 aromatic carbocycles. The molecule has 0 atom stereocenters. The van der Waals surface area contributed by atoms with Crippen LogP contribution in [-0.2, 0) is 14.9 Å². The van der Waals surface area contributed by atoms with Gasteiger partial charge in [0.25, 0.3) is 0 Å². The molecule has 1 aliphatic heterocycles. The van der Waals surface area contributed by atoms with Crippen molar-refractivity contribution >= 4 is 11.6 Å². The highest BCUT2D eigenvalue weighted by molar-refractivity contribution is 5.99. The summed E-state index contributed by atoms with van der Waals surface area (Å²) in [6.07, 6.45) is 2.90. The van der Waals surface area contributed by atoms with Gasteiger partial charge in [0.2, 0.25) is 11.8 Å². The molecule has 6 heteroatoms. The highest BCUT2D eigenvalue weighted by atomic mass is 16.5. The highest BCUT2D eigenvalue weighted by Crippen LogP contribution is 2.37. The van der Waals surface area contributed by atoms with Crippen LogP contribution in [0.4, 0.5) is 5.69 Å². The minimum Gasteiger partial charge on any atom is -0.497 e. The molecule has 27 heavy (non-hydrogen) atoms. The second-order valence-corrected chi connectivity index (χ2v) is 6.66. The van der Waals surface area contributed by atoms with Crippen LogP contribution >= 0.6 is 0 Å². The Morgan fingerprint density at radius 3 is 2.56 bits per heavy atom. The third-order valence-corrected chi connectivity index (χ3v) is 4.99. The largest absolute Gasteiger partial charge is 0.497 e. The van der Waals surface area contributed by atoms with Gasteiger partial charge in [-0.3, -0.25) is 4.79 Å². The number of pyridine rings is 1. The van der Waals surface area contributed by atoms with Gasteiger partial charge in [-0.1, -0.05) is 12.1 Å². The summed E-state index contributed by atoms with van der Waals surface area (Å²) in [6.45, 7) is 5.50. The molecule has 3 rings (SSSR count). The Morgan fingerprint density at radius 1 is 1.26 bits per heavy atom. The van der Waals surface area contributed by atoms with Crippen LogP contribution < -0.4 is 14.8 Å². The Morgan fingerprint density at radius 2 is 1.96 bits per heavy atom. The van der Waals surface area contributed by atoms with Gasteiger partial charge in [-0.2, -0.15) is 0 Å². The van der Waals surface area contributed by atoms with Crippen LogP contribution in [0.5, 0.6) is 11.6 Å². The molecule has 144 valence electrons. The van der Waals surface area contributed by atoms with Crippen molar-refractivity contribution in [3.8, 4) is 11.6 Å². The minimum absolute atomic E-state index is 0.0404. The van der Waals surface area contributed by atoms with Crippen LogP contribution in [0.2, 0.25) is 0 Å². The molecule has 0 unspecified atom stereocenters. The fourth-order valence-electron chi connectivity index (χ4n) is 3.45. The normalized spacial score (nSPS) is 15.8. The molecule has 2 heterocycles. The SMILES string of the molecule is CCOc1ncc(NC(=O)C2(c3ccc(OC)cc3)CCOCC2)cc1C. The summed E-state index contributed by atoms with van der Waals surface area (Å²) in [7, 11) is 1.63. The van der Waals surface area contributed by atoms with Crippen molar-refractivity contribution < 1.29 is 19.0 Å². The molecule has 1 aliphatic rings. The third kappa shape index (κ3) is 4.06. The second kappa shape index (κ2) is 8.39. The Kier molecular flexibility index (Phi) is 5.96. The number of benzene rings is 1. The van der Waals surface area contributed by atoms with Gasteiger partial charge in [-0.25, -0.2) is 4.98 Å². The van der Waals surface area contributed by atoms with Gasteiger partial charge in [-0.05, 0) is 50.5 Å². The van der Waals surface area contributed by atoms with Crippen LogP contribution in [0.25, 0.3) is 0 Å². The zero-order chi connectivity index (χ0) is 19.3. The number of anilines is 1. The standard InChI is InChI=1S/C21H26N2O4/c1-4-27-19-15(2)13-17(14-22-19)23-20(24)21(9-11-26-12-10-21)16-5-7-18(25-3)8-6-16/h5-8,13-14H,4,9-12H2,1-3H3,(H,23,24). The van der Waals surface area contributed by atoms with Gasteiger partial charge in [0.1, 0.15) is 5.75 Å². The van der Waals surface area contributed by atoms with E-state index in [1.165, 1.54) is 0 Å². The molecule has 1 fully saturated rings. The lowest BCUT2D eigenvalue weighted by atomic mass is 9.73. The number of nitrogens with zero attached hydrogens (tertiary/aromatic N) is 1. The van der Waals surface area contributed by atoms with Crippen molar-refractivity contribution in [2.45, 2.75) is 32.1 Å². The first-order chi connectivity index (χ1) is 13.1. The maximum absolute atomic E-state index is 13.3. The van der Waals surface area contributed by atoms with E-state index in [4.69, 9.17) is 14.2 Å². The fourth-order valence-corrected chi connectivity index (χ4v) is 3.45.